The van der Waals surface area contributed by atoms with Gasteiger partial charge < -0.3 is 9.47 Å². The van der Waals surface area contributed by atoms with E-state index in [-0.39, 0.29) is 0 Å². The number of carbonyl (C=O) groups is 2. The Bertz CT molecular complexity index is 367. The van der Waals surface area contributed by atoms with Crippen molar-refractivity contribution in [1.29, 1.82) is 0 Å². The molecule has 0 saturated carbocycles. The largest absolute Gasteiger partial charge is 0.466 e. The molecule has 4 nitrogen and oxygen atoms in total. The highest BCUT2D eigenvalue weighted by atomic mass is 16.5. The Kier molecular flexibility index (Phi) is 4.09. The lowest BCUT2D eigenvalue weighted by Crippen LogP contribution is -2.05. The number of esters is 2. The maximum Gasteiger partial charge on any atom is 0.336 e. The minimum absolute atomic E-state index is 0.428. The van der Waals surface area contributed by atoms with Crippen molar-refractivity contribution in [3.8, 4) is 5.75 Å². The summed E-state index contributed by atoms with van der Waals surface area (Å²) >= 11 is 0. The Balaban J connectivity index is 2.50. The van der Waals surface area contributed by atoms with Crippen LogP contribution in [-0.4, -0.2) is 19.0 Å². The summed E-state index contributed by atoms with van der Waals surface area (Å²) in [5.74, 6) is -0.788. The molecule has 0 spiro atoms. The summed E-state index contributed by atoms with van der Waals surface area (Å²) in [7, 11) is 1.23. The van der Waals surface area contributed by atoms with Gasteiger partial charge in [0.1, 0.15) is 5.75 Å². The van der Waals surface area contributed by atoms with E-state index in [9.17, 15) is 9.59 Å². The van der Waals surface area contributed by atoms with Gasteiger partial charge in [-0.3, -0.25) is 0 Å². The van der Waals surface area contributed by atoms with E-state index < -0.39 is 11.9 Å². The summed E-state index contributed by atoms with van der Waals surface area (Å²) in [6.07, 6.45) is 2.02. The Morgan fingerprint density at radius 1 is 1.07 bits per heavy atom. The molecule has 1 rings (SSSR count). The molecule has 0 unspecified atom stereocenters. The van der Waals surface area contributed by atoms with Gasteiger partial charge in [0.15, 0.2) is 0 Å². The molecule has 15 heavy (non-hydrogen) atoms. The molecule has 0 atom stereocenters. The van der Waals surface area contributed by atoms with Crippen molar-refractivity contribution >= 4 is 11.9 Å². The lowest BCUT2D eigenvalue weighted by atomic mass is 10.3. The fourth-order valence-electron chi connectivity index (χ4n) is 0.843. The zero-order valence-electron chi connectivity index (χ0n) is 8.17. The van der Waals surface area contributed by atoms with Gasteiger partial charge in [0.2, 0.25) is 0 Å². The van der Waals surface area contributed by atoms with E-state index in [4.69, 9.17) is 4.74 Å². The van der Waals surface area contributed by atoms with E-state index in [0.717, 1.165) is 12.2 Å². The van der Waals surface area contributed by atoms with Crippen LogP contribution in [0.2, 0.25) is 0 Å². The molecule has 0 amide bonds. The molecule has 1 aromatic carbocycles. The normalized spacial score (nSPS) is 9.93. The number of para-hydroxylation sites is 1. The summed E-state index contributed by atoms with van der Waals surface area (Å²) in [6, 6.07) is 8.58. The Labute approximate surface area is 87.1 Å². The van der Waals surface area contributed by atoms with Gasteiger partial charge >= 0.3 is 11.9 Å². The number of carbonyl (C=O) groups excluding carboxylic acids is 2. The molecule has 0 bridgehead atoms. The topological polar surface area (TPSA) is 52.6 Å². The molecule has 78 valence electrons. The van der Waals surface area contributed by atoms with E-state index in [2.05, 4.69) is 4.74 Å². The van der Waals surface area contributed by atoms with E-state index >= 15 is 0 Å². The molecule has 0 heterocycles. The molecular formula is C11H10O4. The standard InChI is InChI=1S/C11H10O4/c1-14-10(12)7-8-11(13)15-9-5-3-2-4-6-9/h2-8H,1H3. The minimum Gasteiger partial charge on any atom is -0.466 e. The highest BCUT2D eigenvalue weighted by molar-refractivity contribution is 5.92. The number of ether oxygens (including phenoxy) is 2. The van der Waals surface area contributed by atoms with Crippen molar-refractivity contribution in [3.63, 3.8) is 0 Å². The molecule has 0 aliphatic carbocycles. The second-order valence-corrected chi connectivity index (χ2v) is 2.59. The number of benzene rings is 1. The third-order valence-corrected chi connectivity index (χ3v) is 1.52. The molecule has 0 N–H and O–H groups in total. The molecule has 0 aliphatic heterocycles. The minimum atomic E-state index is -0.619. The van der Waals surface area contributed by atoms with Crippen LogP contribution < -0.4 is 4.74 Å². The first-order chi connectivity index (χ1) is 7.22. The van der Waals surface area contributed by atoms with Gasteiger partial charge in [0.25, 0.3) is 0 Å². The first-order valence-corrected chi connectivity index (χ1v) is 4.25. The van der Waals surface area contributed by atoms with Crippen molar-refractivity contribution in [2.45, 2.75) is 0 Å². The van der Waals surface area contributed by atoms with Crippen LogP contribution >= 0.6 is 0 Å². The smallest absolute Gasteiger partial charge is 0.336 e. The SMILES string of the molecule is COC(=O)C=CC(=O)Oc1ccccc1. The van der Waals surface area contributed by atoms with Gasteiger partial charge in [-0.05, 0) is 12.1 Å². The predicted octanol–water partition coefficient (Wildman–Crippen LogP) is 1.32. The van der Waals surface area contributed by atoms with Crippen LogP contribution in [0.25, 0.3) is 0 Å². The van der Waals surface area contributed by atoms with Gasteiger partial charge in [0, 0.05) is 12.2 Å². The van der Waals surface area contributed by atoms with E-state index in [1.54, 1.807) is 24.3 Å². The molecule has 1 aromatic rings. The highest BCUT2D eigenvalue weighted by Crippen LogP contribution is 2.08. The Morgan fingerprint density at radius 3 is 2.27 bits per heavy atom. The molecule has 4 heteroatoms. The zero-order chi connectivity index (χ0) is 11.1. The fraction of sp³-hybridized carbons (Fsp3) is 0.0909. The Morgan fingerprint density at radius 2 is 1.67 bits per heavy atom. The monoisotopic (exact) mass is 206 g/mol. The van der Waals surface area contributed by atoms with Gasteiger partial charge in [-0.15, -0.1) is 0 Å². The molecular weight excluding hydrogens is 196 g/mol. The van der Waals surface area contributed by atoms with E-state index in [0.29, 0.717) is 5.75 Å². The lowest BCUT2D eigenvalue weighted by Gasteiger charge is -1.99. The molecule has 0 radical (unpaired) electrons. The quantitative estimate of drug-likeness (QED) is 0.425. The Hall–Kier alpha value is -2.10. The van der Waals surface area contributed by atoms with Crippen molar-refractivity contribution < 1.29 is 19.1 Å². The second-order valence-electron chi connectivity index (χ2n) is 2.59. The average molecular weight is 206 g/mol. The summed E-state index contributed by atoms with van der Waals surface area (Å²) in [5.41, 5.74) is 0. The van der Waals surface area contributed by atoms with Crippen molar-refractivity contribution in [1.82, 2.24) is 0 Å². The summed E-state index contributed by atoms with van der Waals surface area (Å²) in [6.45, 7) is 0. The van der Waals surface area contributed by atoms with E-state index in [1.165, 1.54) is 7.11 Å². The number of hydrogen-bond donors (Lipinski definition) is 0. The van der Waals surface area contributed by atoms with Gasteiger partial charge in [-0.2, -0.15) is 0 Å². The van der Waals surface area contributed by atoms with Crippen LogP contribution in [0.5, 0.6) is 5.75 Å². The first kappa shape index (κ1) is 11.0. The molecule has 0 aromatic heterocycles. The van der Waals surface area contributed by atoms with Crippen LogP contribution in [0.15, 0.2) is 42.5 Å². The highest BCUT2D eigenvalue weighted by Gasteiger charge is 2.00. The second kappa shape index (κ2) is 5.59. The molecule has 0 aliphatic rings. The van der Waals surface area contributed by atoms with Gasteiger partial charge in [0.05, 0.1) is 7.11 Å². The molecule has 0 saturated heterocycles. The van der Waals surface area contributed by atoms with Crippen LogP contribution in [0.1, 0.15) is 0 Å². The van der Waals surface area contributed by atoms with Crippen molar-refractivity contribution in [3.05, 3.63) is 42.5 Å². The van der Waals surface area contributed by atoms with Crippen molar-refractivity contribution in [2.75, 3.05) is 7.11 Å². The number of rotatable bonds is 3. The zero-order valence-corrected chi connectivity index (χ0v) is 8.17. The van der Waals surface area contributed by atoms with Crippen LogP contribution in [0, 0.1) is 0 Å². The van der Waals surface area contributed by atoms with E-state index in [1.807, 2.05) is 6.07 Å². The van der Waals surface area contributed by atoms with Gasteiger partial charge in [-0.1, -0.05) is 18.2 Å². The molecule has 0 fully saturated rings. The first-order valence-electron chi connectivity index (χ1n) is 4.25. The summed E-state index contributed by atoms with van der Waals surface area (Å²) in [5, 5.41) is 0. The van der Waals surface area contributed by atoms with Crippen molar-refractivity contribution in [2.24, 2.45) is 0 Å². The fourth-order valence-corrected chi connectivity index (χ4v) is 0.843. The maximum absolute atomic E-state index is 11.1. The number of hydrogen-bond acceptors (Lipinski definition) is 4. The van der Waals surface area contributed by atoms with Crippen LogP contribution in [-0.2, 0) is 14.3 Å². The third-order valence-electron chi connectivity index (χ3n) is 1.52. The number of methoxy groups -OCH3 is 1. The van der Waals surface area contributed by atoms with Gasteiger partial charge in [-0.25, -0.2) is 9.59 Å². The van der Waals surface area contributed by atoms with Crippen LogP contribution in [0.3, 0.4) is 0 Å². The van der Waals surface area contributed by atoms with Crippen LogP contribution in [0.4, 0.5) is 0 Å². The summed E-state index contributed by atoms with van der Waals surface area (Å²) in [4.78, 5) is 21.8. The third kappa shape index (κ3) is 4.08. The lowest BCUT2D eigenvalue weighted by molar-refractivity contribution is -0.135. The summed E-state index contributed by atoms with van der Waals surface area (Å²) < 4.78 is 9.19. The average Bonchev–Trinajstić information content (AvgIpc) is 2.27. The predicted molar refractivity (Wildman–Crippen MR) is 53.2 cm³/mol. The maximum atomic E-state index is 11.1.